The van der Waals surface area contributed by atoms with Crippen molar-refractivity contribution in [3.63, 3.8) is 0 Å². The van der Waals surface area contributed by atoms with Crippen LogP contribution in [0.3, 0.4) is 0 Å². The SMILES string of the molecule is CC(C)c1c2c(c(C(C)C)c3c1c1cccc4c5cc6c(cc5n3c41)oc1ccccc16)-c1cccc3c1C2c1cc2oc4ccccc4c2cc1-3. The van der Waals surface area contributed by atoms with Gasteiger partial charge in [-0.1, -0.05) is 100 Å². The van der Waals surface area contributed by atoms with Crippen molar-refractivity contribution in [2.75, 3.05) is 0 Å². The van der Waals surface area contributed by atoms with Crippen LogP contribution in [0.15, 0.2) is 118 Å². The molecule has 0 saturated heterocycles. The lowest BCUT2D eigenvalue weighted by atomic mass is 9.79. The maximum absolute atomic E-state index is 6.54. The molecule has 0 amide bonds. The lowest BCUT2D eigenvalue weighted by Crippen LogP contribution is -2.07. The molecule has 3 nitrogen and oxygen atoms in total. The quantitative estimate of drug-likeness (QED) is 0.184. The minimum atomic E-state index is 0.167. The van der Waals surface area contributed by atoms with Gasteiger partial charge in [-0.3, -0.25) is 0 Å². The zero-order valence-corrected chi connectivity index (χ0v) is 29.4. The van der Waals surface area contributed by atoms with E-state index in [1.54, 1.807) is 0 Å². The molecule has 52 heavy (non-hydrogen) atoms. The minimum absolute atomic E-state index is 0.167. The molecule has 0 fully saturated rings. The first kappa shape index (κ1) is 27.6. The van der Waals surface area contributed by atoms with E-state index in [0.717, 1.165) is 22.3 Å². The highest BCUT2D eigenvalue weighted by atomic mass is 16.3. The van der Waals surface area contributed by atoms with Crippen molar-refractivity contribution in [3.8, 4) is 22.3 Å². The predicted molar refractivity (Wildman–Crippen MR) is 216 cm³/mol. The summed E-state index contributed by atoms with van der Waals surface area (Å²) in [5.74, 6) is 0.779. The standard InChI is InChI=1S/C49H33NO2/c1-23(2)41-46-30-16-10-14-28-32-20-34-26-12-6-8-18-38(26)52-40(34)22-36(32)50(48(28)30)49(46)42(24(3)4)44-29-15-9-13-27-31-19-33-25-11-5-7-17-37(25)51-39(33)21-35(31)45(43(27)29)47(41)44/h5-24,45H,1-4H3. The highest BCUT2D eigenvalue weighted by Gasteiger charge is 2.44. The van der Waals surface area contributed by atoms with Crippen LogP contribution in [-0.2, 0) is 0 Å². The first-order chi connectivity index (χ1) is 25.5. The monoisotopic (exact) mass is 667 g/mol. The molecule has 2 aliphatic carbocycles. The molecule has 0 aliphatic heterocycles. The largest absolute Gasteiger partial charge is 0.456 e. The Balaban J connectivity index is 1.22. The number of furan rings is 2. The van der Waals surface area contributed by atoms with Crippen LogP contribution in [0.5, 0.6) is 0 Å². The second-order valence-electron chi connectivity index (χ2n) is 15.9. The van der Waals surface area contributed by atoms with Gasteiger partial charge in [-0.15, -0.1) is 0 Å². The molecule has 3 heteroatoms. The van der Waals surface area contributed by atoms with Crippen molar-refractivity contribution in [3.05, 3.63) is 137 Å². The van der Waals surface area contributed by atoms with E-state index in [4.69, 9.17) is 8.83 Å². The molecule has 246 valence electrons. The summed E-state index contributed by atoms with van der Waals surface area (Å²) in [5, 5.41) is 10.1. The Bertz CT molecular complexity index is 3420. The fourth-order valence-corrected chi connectivity index (χ4v) is 10.8. The second-order valence-corrected chi connectivity index (χ2v) is 15.9. The number of benzene rings is 7. The van der Waals surface area contributed by atoms with Gasteiger partial charge in [-0.05, 0) is 92.2 Å². The maximum Gasteiger partial charge on any atom is 0.137 e. The van der Waals surface area contributed by atoms with Crippen LogP contribution in [0.2, 0.25) is 0 Å². The molecular formula is C49H33NO2. The normalized spacial score (nSPS) is 15.1. The van der Waals surface area contributed by atoms with Crippen molar-refractivity contribution in [2.45, 2.75) is 45.4 Å². The van der Waals surface area contributed by atoms with Crippen molar-refractivity contribution in [1.82, 2.24) is 4.40 Å². The third-order valence-corrected chi connectivity index (χ3v) is 12.6. The lowest BCUT2D eigenvalue weighted by molar-refractivity contribution is 0.668. The van der Waals surface area contributed by atoms with Crippen LogP contribution < -0.4 is 0 Å². The second kappa shape index (κ2) is 9.05. The van der Waals surface area contributed by atoms with Gasteiger partial charge < -0.3 is 13.2 Å². The highest BCUT2D eigenvalue weighted by Crippen LogP contribution is 2.63. The van der Waals surface area contributed by atoms with Gasteiger partial charge in [0, 0.05) is 55.1 Å². The molecule has 1 unspecified atom stereocenters. The van der Waals surface area contributed by atoms with Crippen LogP contribution in [0.1, 0.15) is 73.3 Å². The van der Waals surface area contributed by atoms with Crippen LogP contribution in [-0.4, -0.2) is 4.40 Å². The number of nitrogens with zero attached hydrogens (tertiary/aromatic N) is 1. The van der Waals surface area contributed by atoms with Crippen LogP contribution in [0.4, 0.5) is 0 Å². The summed E-state index contributed by atoms with van der Waals surface area (Å²) in [6, 6.07) is 40.3. The molecule has 0 N–H and O–H groups in total. The number of hydrogen-bond donors (Lipinski definition) is 0. The van der Waals surface area contributed by atoms with E-state index < -0.39 is 0 Å². The first-order valence-electron chi connectivity index (χ1n) is 18.7. The van der Waals surface area contributed by atoms with Crippen molar-refractivity contribution < 1.29 is 8.83 Å². The fraction of sp³-hybridized carbons (Fsp3) is 0.143. The van der Waals surface area contributed by atoms with Gasteiger partial charge in [-0.2, -0.15) is 0 Å². The van der Waals surface area contributed by atoms with E-state index in [9.17, 15) is 0 Å². The lowest BCUT2D eigenvalue weighted by Gasteiger charge is -2.24. The van der Waals surface area contributed by atoms with Crippen LogP contribution in [0.25, 0.3) is 104 Å². The fourth-order valence-electron chi connectivity index (χ4n) is 10.8. The van der Waals surface area contributed by atoms with Crippen LogP contribution >= 0.6 is 0 Å². The van der Waals surface area contributed by atoms with Gasteiger partial charge >= 0.3 is 0 Å². The molecule has 2 aliphatic rings. The van der Waals surface area contributed by atoms with E-state index in [1.165, 1.54) is 110 Å². The maximum atomic E-state index is 6.54. The average molecular weight is 668 g/mol. The van der Waals surface area contributed by atoms with Crippen molar-refractivity contribution in [1.29, 1.82) is 0 Å². The van der Waals surface area contributed by atoms with Gasteiger partial charge in [0.1, 0.15) is 22.3 Å². The highest BCUT2D eigenvalue weighted by molar-refractivity contribution is 6.27. The molecule has 4 heterocycles. The molecule has 0 saturated carbocycles. The Morgan fingerprint density at radius 1 is 0.481 bits per heavy atom. The predicted octanol–water partition coefficient (Wildman–Crippen LogP) is 14.0. The van der Waals surface area contributed by atoms with Gasteiger partial charge in [-0.25, -0.2) is 0 Å². The van der Waals surface area contributed by atoms with Gasteiger partial charge in [0.2, 0.25) is 0 Å². The Kier molecular flexibility index (Phi) is 4.81. The topological polar surface area (TPSA) is 30.7 Å². The molecule has 13 rings (SSSR count). The van der Waals surface area contributed by atoms with Gasteiger partial charge in [0.25, 0.3) is 0 Å². The van der Waals surface area contributed by atoms with E-state index in [-0.39, 0.29) is 5.92 Å². The molecule has 0 bridgehead atoms. The third kappa shape index (κ3) is 3.01. The zero-order valence-electron chi connectivity index (χ0n) is 29.4. The molecule has 4 aromatic heterocycles. The van der Waals surface area contributed by atoms with Crippen molar-refractivity contribution >= 4 is 82.0 Å². The summed E-state index contributed by atoms with van der Waals surface area (Å²) >= 11 is 0. The number of aromatic nitrogens is 1. The Hall–Kier alpha value is -6.06. The van der Waals surface area contributed by atoms with E-state index >= 15 is 0 Å². The molecule has 0 spiro atoms. The van der Waals surface area contributed by atoms with E-state index in [0.29, 0.717) is 11.8 Å². The van der Waals surface area contributed by atoms with Crippen molar-refractivity contribution in [2.24, 2.45) is 0 Å². The zero-order chi connectivity index (χ0) is 34.3. The summed E-state index contributed by atoms with van der Waals surface area (Å²) < 4.78 is 15.7. The molecule has 1 atom stereocenters. The number of hydrogen-bond acceptors (Lipinski definition) is 2. The molecule has 0 radical (unpaired) electrons. The smallest absolute Gasteiger partial charge is 0.137 e. The third-order valence-electron chi connectivity index (χ3n) is 12.6. The van der Waals surface area contributed by atoms with Gasteiger partial charge in [0.15, 0.2) is 0 Å². The summed E-state index contributed by atoms with van der Waals surface area (Å²) in [5.41, 5.74) is 20.5. The number of para-hydroxylation sites is 3. The summed E-state index contributed by atoms with van der Waals surface area (Å²) in [6.07, 6.45) is 0. The molecule has 11 aromatic rings. The number of fused-ring (bicyclic) bond motifs is 18. The Morgan fingerprint density at radius 3 is 1.87 bits per heavy atom. The Morgan fingerprint density at radius 2 is 1.12 bits per heavy atom. The van der Waals surface area contributed by atoms with E-state index in [2.05, 4.69) is 141 Å². The summed E-state index contributed by atoms with van der Waals surface area (Å²) in [4.78, 5) is 0. The average Bonchev–Trinajstić information content (AvgIpc) is 3.98. The Labute approximate surface area is 299 Å². The van der Waals surface area contributed by atoms with Gasteiger partial charge in [0.05, 0.1) is 16.6 Å². The summed E-state index contributed by atoms with van der Waals surface area (Å²) in [6.45, 7) is 9.58. The molecule has 7 aromatic carbocycles. The van der Waals surface area contributed by atoms with Crippen LogP contribution in [0, 0.1) is 0 Å². The summed E-state index contributed by atoms with van der Waals surface area (Å²) in [7, 11) is 0. The first-order valence-corrected chi connectivity index (χ1v) is 18.7. The minimum Gasteiger partial charge on any atom is -0.456 e. The number of rotatable bonds is 2. The molecular weight excluding hydrogens is 635 g/mol. The van der Waals surface area contributed by atoms with E-state index in [1.807, 2.05) is 0 Å².